The highest BCUT2D eigenvalue weighted by atomic mass is 16.1. The lowest BCUT2D eigenvalue weighted by atomic mass is 10.1. The van der Waals surface area contributed by atoms with Crippen LogP contribution in [0.15, 0.2) is 54.9 Å². The number of pyridine rings is 1. The van der Waals surface area contributed by atoms with Crippen molar-refractivity contribution in [2.75, 3.05) is 5.32 Å². The van der Waals surface area contributed by atoms with E-state index in [-0.39, 0.29) is 5.91 Å². The van der Waals surface area contributed by atoms with Crippen molar-refractivity contribution in [3.63, 3.8) is 0 Å². The standard InChI is InChI=1S/C17H18N2O/c1-13(2)3-4-14-5-7-15(8-6-14)17(20)19-16-9-11-18-12-10-16/h3-13H,1-2H3,(H,18,19,20)/b4-3+. The molecular weight excluding hydrogens is 248 g/mol. The zero-order chi connectivity index (χ0) is 14.4. The lowest BCUT2D eigenvalue weighted by Gasteiger charge is -2.05. The Balaban J connectivity index is 2.04. The van der Waals surface area contributed by atoms with Crippen molar-refractivity contribution in [1.29, 1.82) is 0 Å². The number of amides is 1. The second-order valence-electron chi connectivity index (χ2n) is 4.92. The molecule has 102 valence electrons. The van der Waals surface area contributed by atoms with Gasteiger partial charge in [0, 0.05) is 23.6 Å². The molecule has 0 saturated heterocycles. The lowest BCUT2D eigenvalue weighted by molar-refractivity contribution is 0.102. The predicted molar refractivity (Wildman–Crippen MR) is 82.5 cm³/mol. The number of rotatable bonds is 4. The van der Waals surface area contributed by atoms with E-state index in [0.717, 1.165) is 11.3 Å². The first-order valence-corrected chi connectivity index (χ1v) is 6.65. The van der Waals surface area contributed by atoms with Crippen molar-refractivity contribution < 1.29 is 4.79 Å². The summed E-state index contributed by atoms with van der Waals surface area (Å²) < 4.78 is 0. The molecule has 1 N–H and O–H groups in total. The normalized spacial score (nSPS) is 10.9. The van der Waals surface area contributed by atoms with E-state index < -0.39 is 0 Å². The van der Waals surface area contributed by atoms with Gasteiger partial charge >= 0.3 is 0 Å². The molecule has 2 rings (SSSR count). The number of hydrogen-bond donors (Lipinski definition) is 1. The third-order valence-corrected chi connectivity index (χ3v) is 2.78. The van der Waals surface area contributed by atoms with Crippen LogP contribution in [-0.2, 0) is 0 Å². The van der Waals surface area contributed by atoms with Crippen molar-refractivity contribution >= 4 is 17.7 Å². The molecule has 3 nitrogen and oxygen atoms in total. The molecule has 0 aliphatic carbocycles. The van der Waals surface area contributed by atoms with E-state index in [1.807, 2.05) is 24.3 Å². The number of nitrogens with one attached hydrogen (secondary N) is 1. The van der Waals surface area contributed by atoms with E-state index in [1.54, 1.807) is 24.5 Å². The van der Waals surface area contributed by atoms with Crippen molar-refractivity contribution in [1.82, 2.24) is 4.98 Å². The number of hydrogen-bond acceptors (Lipinski definition) is 2. The molecule has 0 aliphatic heterocycles. The van der Waals surface area contributed by atoms with E-state index >= 15 is 0 Å². The minimum atomic E-state index is -0.115. The van der Waals surface area contributed by atoms with Gasteiger partial charge in [-0.15, -0.1) is 0 Å². The molecule has 0 fully saturated rings. The fourth-order valence-electron chi connectivity index (χ4n) is 1.69. The van der Waals surface area contributed by atoms with Gasteiger partial charge in [-0.1, -0.05) is 38.1 Å². The number of carbonyl (C=O) groups is 1. The van der Waals surface area contributed by atoms with Crippen molar-refractivity contribution in [2.45, 2.75) is 13.8 Å². The topological polar surface area (TPSA) is 42.0 Å². The van der Waals surface area contributed by atoms with Crippen LogP contribution in [-0.4, -0.2) is 10.9 Å². The molecule has 20 heavy (non-hydrogen) atoms. The van der Waals surface area contributed by atoms with E-state index in [1.165, 1.54) is 0 Å². The van der Waals surface area contributed by atoms with Gasteiger partial charge in [0.1, 0.15) is 0 Å². The molecule has 0 atom stereocenters. The van der Waals surface area contributed by atoms with Crippen LogP contribution in [0.3, 0.4) is 0 Å². The average Bonchev–Trinajstić information content (AvgIpc) is 2.46. The van der Waals surface area contributed by atoms with Gasteiger partial charge in [-0.2, -0.15) is 0 Å². The Bertz CT molecular complexity index is 586. The molecule has 1 amide bonds. The highest BCUT2D eigenvalue weighted by Gasteiger charge is 2.05. The largest absolute Gasteiger partial charge is 0.322 e. The Morgan fingerprint density at radius 1 is 1.10 bits per heavy atom. The second-order valence-corrected chi connectivity index (χ2v) is 4.92. The minimum Gasteiger partial charge on any atom is -0.322 e. The Morgan fingerprint density at radius 2 is 1.75 bits per heavy atom. The number of allylic oxidation sites excluding steroid dienone is 1. The second kappa shape index (κ2) is 6.66. The summed E-state index contributed by atoms with van der Waals surface area (Å²) in [6, 6.07) is 11.1. The van der Waals surface area contributed by atoms with E-state index in [9.17, 15) is 4.79 Å². The van der Waals surface area contributed by atoms with Crippen LogP contribution in [0.4, 0.5) is 5.69 Å². The first-order valence-electron chi connectivity index (χ1n) is 6.65. The summed E-state index contributed by atoms with van der Waals surface area (Å²) in [6.07, 6.45) is 7.49. The maximum Gasteiger partial charge on any atom is 0.255 e. The third kappa shape index (κ3) is 4.05. The van der Waals surface area contributed by atoms with Crippen LogP contribution in [0.2, 0.25) is 0 Å². The zero-order valence-electron chi connectivity index (χ0n) is 11.7. The Hall–Kier alpha value is -2.42. The van der Waals surface area contributed by atoms with Crippen molar-refractivity contribution in [2.24, 2.45) is 5.92 Å². The van der Waals surface area contributed by atoms with Gasteiger partial charge in [0.2, 0.25) is 0 Å². The summed E-state index contributed by atoms with van der Waals surface area (Å²) in [5.41, 5.74) is 2.48. The van der Waals surface area contributed by atoms with Gasteiger partial charge in [0.15, 0.2) is 0 Å². The number of aromatic nitrogens is 1. The molecule has 1 aromatic carbocycles. The molecule has 3 heteroatoms. The van der Waals surface area contributed by atoms with Gasteiger partial charge in [0.25, 0.3) is 5.91 Å². The van der Waals surface area contributed by atoms with E-state index in [4.69, 9.17) is 0 Å². The maximum atomic E-state index is 12.0. The molecule has 0 spiro atoms. The Morgan fingerprint density at radius 3 is 2.35 bits per heavy atom. The quantitative estimate of drug-likeness (QED) is 0.908. The van der Waals surface area contributed by atoms with Crippen molar-refractivity contribution in [3.05, 3.63) is 66.0 Å². The molecule has 1 aromatic heterocycles. The smallest absolute Gasteiger partial charge is 0.255 e. The van der Waals surface area contributed by atoms with Gasteiger partial charge in [-0.05, 0) is 35.7 Å². The van der Waals surface area contributed by atoms with Gasteiger partial charge in [0.05, 0.1) is 0 Å². The first-order chi connectivity index (χ1) is 9.65. The number of nitrogens with zero attached hydrogens (tertiary/aromatic N) is 1. The van der Waals surface area contributed by atoms with Gasteiger partial charge in [-0.3, -0.25) is 9.78 Å². The summed E-state index contributed by atoms with van der Waals surface area (Å²) >= 11 is 0. The van der Waals surface area contributed by atoms with Gasteiger partial charge in [-0.25, -0.2) is 0 Å². The molecular formula is C17H18N2O. The summed E-state index contributed by atoms with van der Waals surface area (Å²) in [5, 5.41) is 2.83. The summed E-state index contributed by atoms with van der Waals surface area (Å²) in [6.45, 7) is 4.26. The van der Waals surface area contributed by atoms with Crippen molar-refractivity contribution in [3.8, 4) is 0 Å². The van der Waals surface area contributed by atoms with Crippen LogP contribution >= 0.6 is 0 Å². The maximum absolute atomic E-state index is 12.0. The number of benzene rings is 1. The SMILES string of the molecule is CC(C)/C=C/c1ccc(C(=O)Nc2ccncc2)cc1. The highest BCUT2D eigenvalue weighted by Crippen LogP contribution is 2.11. The predicted octanol–water partition coefficient (Wildman–Crippen LogP) is 4.00. The van der Waals surface area contributed by atoms with Crippen LogP contribution in [0.1, 0.15) is 29.8 Å². The molecule has 2 aromatic rings. The highest BCUT2D eigenvalue weighted by molar-refractivity contribution is 6.04. The van der Waals surface area contributed by atoms with Crippen LogP contribution in [0.25, 0.3) is 6.08 Å². The van der Waals surface area contributed by atoms with Crippen LogP contribution in [0.5, 0.6) is 0 Å². The van der Waals surface area contributed by atoms with Crippen LogP contribution in [0, 0.1) is 5.92 Å². The number of carbonyl (C=O) groups excluding carboxylic acids is 1. The zero-order valence-corrected chi connectivity index (χ0v) is 11.7. The summed E-state index contributed by atoms with van der Waals surface area (Å²) in [4.78, 5) is 16.0. The third-order valence-electron chi connectivity index (χ3n) is 2.78. The molecule has 1 heterocycles. The fourth-order valence-corrected chi connectivity index (χ4v) is 1.69. The van der Waals surface area contributed by atoms with E-state index in [0.29, 0.717) is 11.5 Å². The number of anilines is 1. The van der Waals surface area contributed by atoms with Gasteiger partial charge < -0.3 is 5.32 Å². The Kier molecular flexibility index (Phi) is 4.66. The fraction of sp³-hybridized carbons (Fsp3) is 0.176. The average molecular weight is 266 g/mol. The summed E-state index contributed by atoms with van der Waals surface area (Å²) in [7, 11) is 0. The molecule has 0 radical (unpaired) electrons. The Labute approximate surface area is 119 Å². The molecule has 0 aliphatic rings. The minimum absolute atomic E-state index is 0.115. The summed E-state index contributed by atoms with van der Waals surface area (Å²) in [5.74, 6) is 0.403. The first kappa shape index (κ1) is 14.0. The lowest BCUT2D eigenvalue weighted by Crippen LogP contribution is -2.11. The molecule has 0 unspecified atom stereocenters. The van der Waals surface area contributed by atoms with Crippen LogP contribution < -0.4 is 5.32 Å². The molecule has 0 bridgehead atoms. The van der Waals surface area contributed by atoms with E-state index in [2.05, 4.69) is 36.3 Å². The molecule has 0 saturated carbocycles. The monoisotopic (exact) mass is 266 g/mol.